The number of benzene rings is 3. The van der Waals surface area contributed by atoms with Crippen LogP contribution < -0.4 is 15.0 Å². The van der Waals surface area contributed by atoms with E-state index in [1.807, 2.05) is 61.5 Å². The fourth-order valence-electron chi connectivity index (χ4n) is 3.41. The molecule has 4 rings (SSSR count). The molecule has 2 amide bonds. The van der Waals surface area contributed by atoms with E-state index in [1.165, 1.54) is 4.90 Å². The molecule has 0 radical (unpaired) electrons. The summed E-state index contributed by atoms with van der Waals surface area (Å²) in [5, 5.41) is 11.1. The second-order valence-corrected chi connectivity index (χ2v) is 8.26. The number of halogens is 1. The van der Waals surface area contributed by atoms with Crippen molar-refractivity contribution in [2.24, 2.45) is 10.2 Å². The molecule has 0 atom stereocenters. The van der Waals surface area contributed by atoms with Crippen molar-refractivity contribution in [3.05, 3.63) is 87.9 Å². The highest BCUT2D eigenvalue weighted by Gasteiger charge is 2.35. The molecule has 0 saturated carbocycles. The van der Waals surface area contributed by atoms with Crippen LogP contribution in [0.1, 0.15) is 16.7 Å². The predicted octanol–water partition coefficient (Wildman–Crippen LogP) is 4.57. The molecule has 0 aromatic heterocycles. The van der Waals surface area contributed by atoms with E-state index in [4.69, 9.17) is 4.74 Å². The number of hydrogen-bond acceptors (Lipinski definition) is 5. The van der Waals surface area contributed by atoms with Gasteiger partial charge in [-0.3, -0.25) is 14.5 Å². The smallest absolute Gasteiger partial charge is 0.279 e. The molecule has 7 nitrogen and oxygen atoms in total. The summed E-state index contributed by atoms with van der Waals surface area (Å²) < 4.78 is 6.01. The summed E-state index contributed by atoms with van der Waals surface area (Å²) in [7, 11) is 1.59. The molecule has 0 saturated heterocycles. The number of rotatable bonds is 6. The number of ether oxygens (including phenoxy) is 1. The molecule has 1 N–H and O–H groups in total. The lowest BCUT2D eigenvalue weighted by Gasteiger charge is -2.16. The number of carbonyl (C=O) groups excluding carboxylic acids is 2. The van der Waals surface area contributed by atoms with Crippen LogP contribution in [0.4, 0.5) is 11.4 Å². The minimum Gasteiger partial charge on any atom is -0.496 e. The first-order chi connectivity index (χ1) is 16.0. The fraction of sp³-hybridized carbons (Fsp3) is 0.120. The first kappa shape index (κ1) is 22.4. The number of carbonyl (C=O) groups is 2. The maximum atomic E-state index is 13.1. The van der Waals surface area contributed by atoms with Gasteiger partial charge in [0, 0.05) is 11.3 Å². The van der Waals surface area contributed by atoms with E-state index >= 15 is 0 Å². The Morgan fingerprint density at radius 3 is 2.61 bits per heavy atom. The topological polar surface area (TPSA) is 83.4 Å². The third-order valence-corrected chi connectivity index (χ3v) is 5.69. The average Bonchev–Trinajstić information content (AvgIpc) is 3.07. The number of aryl methyl sites for hydroxylation is 1. The lowest BCUT2D eigenvalue weighted by Crippen LogP contribution is -2.37. The lowest BCUT2D eigenvalue weighted by atomic mass is 10.1. The second kappa shape index (κ2) is 9.79. The van der Waals surface area contributed by atoms with Crippen LogP contribution in [0, 0.1) is 6.92 Å². The molecule has 1 aliphatic rings. The van der Waals surface area contributed by atoms with Crippen molar-refractivity contribution in [3.63, 3.8) is 0 Å². The Hall–Kier alpha value is -3.78. The highest BCUT2D eigenvalue weighted by atomic mass is 79.9. The van der Waals surface area contributed by atoms with E-state index in [9.17, 15) is 9.59 Å². The van der Waals surface area contributed by atoms with Crippen LogP contribution in [0.3, 0.4) is 0 Å². The zero-order chi connectivity index (χ0) is 23.4. The van der Waals surface area contributed by atoms with Gasteiger partial charge in [-0.25, -0.2) is 0 Å². The number of para-hydroxylation sites is 1. The number of hydrogen-bond donors (Lipinski definition) is 1. The summed E-state index contributed by atoms with van der Waals surface area (Å²) in [5.41, 5.74) is 4.02. The van der Waals surface area contributed by atoms with Gasteiger partial charge in [0.15, 0.2) is 5.71 Å². The van der Waals surface area contributed by atoms with Gasteiger partial charge in [-0.2, -0.15) is 5.10 Å². The van der Waals surface area contributed by atoms with E-state index in [0.29, 0.717) is 22.7 Å². The highest BCUT2D eigenvalue weighted by Crippen LogP contribution is 2.29. The highest BCUT2D eigenvalue weighted by molar-refractivity contribution is 9.10. The van der Waals surface area contributed by atoms with E-state index < -0.39 is 0 Å². The SMILES string of the molecule is COc1ccc(/C=N\N=C2\C(=O)N(CC(=O)Nc3ccc(C)cc3)c3ccccc32)cc1Br. The normalized spacial score (nSPS) is 14.1. The average molecular weight is 505 g/mol. The quantitative estimate of drug-likeness (QED) is 0.394. The van der Waals surface area contributed by atoms with Crippen LogP contribution in [-0.4, -0.2) is 37.4 Å². The summed E-state index contributed by atoms with van der Waals surface area (Å²) in [6, 6.07) is 20.2. The number of nitrogens with zero attached hydrogens (tertiary/aromatic N) is 3. The van der Waals surface area contributed by atoms with Gasteiger partial charge in [0.25, 0.3) is 5.91 Å². The first-order valence-electron chi connectivity index (χ1n) is 10.2. The van der Waals surface area contributed by atoms with Crippen LogP contribution in [0.25, 0.3) is 0 Å². The van der Waals surface area contributed by atoms with Crippen molar-refractivity contribution in [2.45, 2.75) is 6.92 Å². The fourth-order valence-corrected chi connectivity index (χ4v) is 3.97. The predicted molar refractivity (Wildman–Crippen MR) is 133 cm³/mol. The largest absolute Gasteiger partial charge is 0.496 e. The van der Waals surface area contributed by atoms with Crippen LogP contribution in [0.2, 0.25) is 0 Å². The molecule has 1 heterocycles. The van der Waals surface area contributed by atoms with Crippen LogP contribution in [-0.2, 0) is 9.59 Å². The molecule has 0 aliphatic carbocycles. The lowest BCUT2D eigenvalue weighted by molar-refractivity contribution is -0.118. The number of amides is 2. The van der Waals surface area contributed by atoms with E-state index in [-0.39, 0.29) is 24.1 Å². The molecular formula is C25H21BrN4O3. The van der Waals surface area contributed by atoms with Gasteiger partial charge in [0.05, 0.1) is 23.5 Å². The first-order valence-corrected chi connectivity index (χ1v) is 11.0. The van der Waals surface area contributed by atoms with Crippen LogP contribution in [0.15, 0.2) is 81.4 Å². The molecule has 0 fully saturated rings. The molecule has 3 aromatic carbocycles. The maximum absolute atomic E-state index is 13.1. The van der Waals surface area contributed by atoms with Crippen molar-refractivity contribution in [1.29, 1.82) is 0 Å². The molecular weight excluding hydrogens is 484 g/mol. The van der Waals surface area contributed by atoms with Gasteiger partial charge < -0.3 is 10.1 Å². The number of nitrogens with one attached hydrogen (secondary N) is 1. The van der Waals surface area contributed by atoms with Gasteiger partial charge in [0.2, 0.25) is 5.91 Å². The third kappa shape index (κ3) is 5.01. The molecule has 1 aliphatic heterocycles. The third-order valence-electron chi connectivity index (χ3n) is 5.08. The van der Waals surface area contributed by atoms with E-state index in [0.717, 1.165) is 15.6 Å². The zero-order valence-corrected chi connectivity index (χ0v) is 19.7. The standard InChI is InChI=1S/C25H21BrN4O3/c1-16-7-10-18(11-8-16)28-23(31)15-30-21-6-4-3-5-19(21)24(25(30)32)29-27-14-17-9-12-22(33-2)20(26)13-17/h3-14H,15H2,1-2H3,(H,28,31)/b27-14-,29-24+. The molecule has 0 spiro atoms. The zero-order valence-electron chi connectivity index (χ0n) is 18.1. The molecule has 0 unspecified atom stereocenters. The van der Waals surface area contributed by atoms with Crippen molar-refractivity contribution < 1.29 is 14.3 Å². The Morgan fingerprint density at radius 1 is 1.12 bits per heavy atom. The monoisotopic (exact) mass is 504 g/mol. The van der Waals surface area contributed by atoms with Gasteiger partial charge in [-0.05, 0) is 64.8 Å². The minimum atomic E-state index is -0.372. The van der Waals surface area contributed by atoms with Crippen LogP contribution in [0.5, 0.6) is 5.75 Å². The van der Waals surface area contributed by atoms with Gasteiger partial charge in [0.1, 0.15) is 12.3 Å². The Balaban J connectivity index is 1.53. The Labute approximate surface area is 199 Å². The Bertz CT molecular complexity index is 1270. The van der Waals surface area contributed by atoms with Crippen LogP contribution >= 0.6 is 15.9 Å². The molecule has 3 aromatic rings. The Morgan fingerprint density at radius 2 is 1.88 bits per heavy atom. The summed E-state index contributed by atoms with van der Waals surface area (Å²) in [4.78, 5) is 27.1. The molecule has 0 bridgehead atoms. The van der Waals surface area contributed by atoms with Crippen molar-refractivity contribution >= 4 is 51.0 Å². The van der Waals surface area contributed by atoms with Crippen molar-refractivity contribution in [1.82, 2.24) is 0 Å². The van der Waals surface area contributed by atoms with Gasteiger partial charge >= 0.3 is 0 Å². The second-order valence-electron chi connectivity index (χ2n) is 7.41. The summed E-state index contributed by atoms with van der Waals surface area (Å²) in [6.45, 7) is 1.85. The summed E-state index contributed by atoms with van der Waals surface area (Å²) in [5.74, 6) is 0.0380. The minimum absolute atomic E-state index is 0.127. The van der Waals surface area contributed by atoms with E-state index in [1.54, 1.807) is 25.5 Å². The summed E-state index contributed by atoms with van der Waals surface area (Å²) >= 11 is 3.43. The van der Waals surface area contributed by atoms with E-state index in [2.05, 4.69) is 31.4 Å². The number of fused-ring (bicyclic) bond motifs is 1. The maximum Gasteiger partial charge on any atom is 0.279 e. The Kier molecular flexibility index (Phi) is 6.65. The van der Waals surface area contributed by atoms with Crippen molar-refractivity contribution in [2.75, 3.05) is 23.9 Å². The van der Waals surface area contributed by atoms with Gasteiger partial charge in [-0.1, -0.05) is 35.9 Å². The summed E-state index contributed by atoms with van der Waals surface area (Å²) in [6.07, 6.45) is 1.56. The molecule has 33 heavy (non-hydrogen) atoms. The van der Waals surface area contributed by atoms with Gasteiger partial charge in [-0.15, -0.1) is 5.10 Å². The number of methoxy groups -OCH3 is 1. The molecule has 8 heteroatoms. The molecule has 166 valence electrons. The number of anilines is 2. The van der Waals surface area contributed by atoms with Crippen molar-refractivity contribution in [3.8, 4) is 5.75 Å².